The van der Waals surface area contributed by atoms with Gasteiger partial charge in [-0.15, -0.1) is 0 Å². The van der Waals surface area contributed by atoms with Crippen molar-refractivity contribution in [1.29, 1.82) is 0 Å². The van der Waals surface area contributed by atoms with Gasteiger partial charge in [0.15, 0.2) is 0 Å². The Hall–Kier alpha value is -1.55. The molecule has 0 saturated carbocycles. The van der Waals surface area contributed by atoms with Crippen molar-refractivity contribution in [3.8, 4) is 5.75 Å². The van der Waals surface area contributed by atoms with Crippen LogP contribution in [0.25, 0.3) is 0 Å². The smallest absolute Gasteiger partial charge is 0.255 e. The van der Waals surface area contributed by atoms with Gasteiger partial charge in [-0.2, -0.15) is 0 Å². The highest BCUT2D eigenvalue weighted by Crippen LogP contribution is 2.18. The fourth-order valence-corrected chi connectivity index (χ4v) is 2.44. The Morgan fingerprint density at radius 3 is 2.79 bits per heavy atom. The summed E-state index contributed by atoms with van der Waals surface area (Å²) >= 11 is 0. The summed E-state index contributed by atoms with van der Waals surface area (Å²) in [7, 11) is 0. The highest BCUT2D eigenvalue weighted by molar-refractivity contribution is 5.96. The molecule has 0 aliphatic carbocycles. The van der Waals surface area contributed by atoms with Crippen molar-refractivity contribution in [2.24, 2.45) is 0 Å². The molecular formula is C15H22N2O2. The monoisotopic (exact) mass is 262 g/mol. The zero-order chi connectivity index (χ0) is 13.7. The molecule has 1 fully saturated rings. The zero-order valence-electron chi connectivity index (χ0n) is 11.5. The lowest BCUT2D eigenvalue weighted by atomic mass is 10.1. The summed E-state index contributed by atoms with van der Waals surface area (Å²) in [4.78, 5) is 14.3. The molecule has 1 amide bonds. The fourth-order valence-electron chi connectivity index (χ4n) is 2.44. The van der Waals surface area contributed by atoms with Crippen LogP contribution < -0.4 is 5.32 Å². The number of phenolic OH excluding ortho intramolecular Hbond substituents is 1. The first-order valence-electron chi connectivity index (χ1n) is 6.97. The third kappa shape index (κ3) is 3.96. The van der Waals surface area contributed by atoms with Gasteiger partial charge in [0.1, 0.15) is 5.75 Å². The van der Waals surface area contributed by atoms with Gasteiger partial charge in [0.2, 0.25) is 0 Å². The molecule has 1 aromatic carbocycles. The van der Waals surface area contributed by atoms with Gasteiger partial charge in [0.25, 0.3) is 5.91 Å². The summed E-state index contributed by atoms with van der Waals surface area (Å²) in [5.74, 6) is -0.143. The van der Waals surface area contributed by atoms with Gasteiger partial charge in [0.05, 0.1) is 5.56 Å². The van der Waals surface area contributed by atoms with Crippen molar-refractivity contribution in [2.45, 2.75) is 26.2 Å². The second kappa shape index (κ2) is 6.57. The molecular weight excluding hydrogens is 240 g/mol. The van der Waals surface area contributed by atoms with Crippen molar-refractivity contribution in [1.82, 2.24) is 10.2 Å². The third-order valence-electron chi connectivity index (χ3n) is 3.53. The van der Waals surface area contributed by atoms with E-state index in [2.05, 4.69) is 10.2 Å². The SMILES string of the molecule is Cc1ccc(C(=O)NCCCN2CCCC2)c(O)c1. The van der Waals surface area contributed by atoms with Crippen molar-refractivity contribution in [3.05, 3.63) is 29.3 Å². The maximum absolute atomic E-state index is 11.9. The van der Waals surface area contributed by atoms with Crippen LogP contribution in [0.5, 0.6) is 5.75 Å². The molecule has 0 atom stereocenters. The number of carbonyl (C=O) groups excluding carboxylic acids is 1. The molecule has 0 unspecified atom stereocenters. The standard InChI is InChI=1S/C15H22N2O2/c1-12-5-6-13(14(18)11-12)15(19)16-7-4-10-17-8-2-3-9-17/h5-6,11,18H,2-4,7-10H2,1H3,(H,16,19). The van der Waals surface area contributed by atoms with Gasteiger partial charge in [-0.1, -0.05) is 6.07 Å². The van der Waals surface area contributed by atoms with Crippen LogP contribution in [0, 0.1) is 6.92 Å². The molecule has 0 bridgehead atoms. The number of aryl methyl sites for hydroxylation is 1. The number of nitrogens with one attached hydrogen (secondary N) is 1. The van der Waals surface area contributed by atoms with Gasteiger partial charge in [-0.3, -0.25) is 4.79 Å². The minimum atomic E-state index is -0.195. The lowest BCUT2D eigenvalue weighted by molar-refractivity contribution is 0.0949. The Bertz CT molecular complexity index is 440. The fraction of sp³-hybridized carbons (Fsp3) is 0.533. The van der Waals surface area contributed by atoms with Crippen LogP contribution in [-0.4, -0.2) is 42.1 Å². The van der Waals surface area contributed by atoms with E-state index in [-0.39, 0.29) is 11.7 Å². The Morgan fingerprint density at radius 2 is 2.11 bits per heavy atom. The van der Waals surface area contributed by atoms with Crippen LogP contribution in [-0.2, 0) is 0 Å². The van der Waals surface area contributed by atoms with Crippen LogP contribution >= 0.6 is 0 Å². The third-order valence-corrected chi connectivity index (χ3v) is 3.53. The number of nitrogens with zero attached hydrogens (tertiary/aromatic N) is 1. The Kier molecular flexibility index (Phi) is 4.80. The van der Waals surface area contributed by atoms with Crippen molar-refractivity contribution >= 4 is 5.91 Å². The average Bonchev–Trinajstić information content (AvgIpc) is 2.87. The molecule has 1 saturated heterocycles. The summed E-state index contributed by atoms with van der Waals surface area (Å²) in [6, 6.07) is 5.11. The minimum Gasteiger partial charge on any atom is -0.507 e. The molecule has 0 spiro atoms. The van der Waals surface area contributed by atoms with E-state index in [1.165, 1.54) is 25.9 Å². The molecule has 1 aliphatic heterocycles. The first-order chi connectivity index (χ1) is 9.16. The van der Waals surface area contributed by atoms with E-state index in [1.54, 1.807) is 12.1 Å². The number of aromatic hydroxyl groups is 1. The van der Waals surface area contributed by atoms with E-state index >= 15 is 0 Å². The highest BCUT2D eigenvalue weighted by Gasteiger charge is 2.12. The maximum Gasteiger partial charge on any atom is 0.255 e. The molecule has 2 N–H and O–H groups in total. The van der Waals surface area contributed by atoms with Gasteiger partial charge in [0, 0.05) is 6.54 Å². The van der Waals surface area contributed by atoms with Gasteiger partial charge in [-0.25, -0.2) is 0 Å². The molecule has 4 nitrogen and oxygen atoms in total. The molecule has 2 rings (SSSR count). The molecule has 0 aromatic heterocycles. The lowest BCUT2D eigenvalue weighted by Gasteiger charge is -2.14. The normalized spacial score (nSPS) is 15.6. The van der Waals surface area contributed by atoms with E-state index in [4.69, 9.17) is 0 Å². The van der Waals surface area contributed by atoms with Crippen molar-refractivity contribution in [2.75, 3.05) is 26.2 Å². The molecule has 1 aromatic rings. The molecule has 19 heavy (non-hydrogen) atoms. The molecule has 1 heterocycles. The van der Waals surface area contributed by atoms with Crippen LogP contribution in [0.2, 0.25) is 0 Å². The number of hydrogen-bond acceptors (Lipinski definition) is 3. The lowest BCUT2D eigenvalue weighted by Crippen LogP contribution is -2.28. The maximum atomic E-state index is 11.9. The number of rotatable bonds is 5. The number of hydrogen-bond donors (Lipinski definition) is 2. The summed E-state index contributed by atoms with van der Waals surface area (Å²) in [6.07, 6.45) is 3.55. The van der Waals surface area contributed by atoms with Crippen LogP contribution in [0.1, 0.15) is 35.2 Å². The summed E-state index contributed by atoms with van der Waals surface area (Å²) in [5.41, 5.74) is 1.30. The summed E-state index contributed by atoms with van der Waals surface area (Å²) in [6.45, 7) is 5.96. The summed E-state index contributed by atoms with van der Waals surface area (Å²) < 4.78 is 0. The molecule has 0 radical (unpaired) electrons. The van der Waals surface area contributed by atoms with Crippen molar-refractivity contribution in [3.63, 3.8) is 0 Å². The van der Waals surface area contributed by atoms with Crippen molar-refractivity contribution < 1.29 is 9.90 Å². The number of phenols is 1. The quantitative estimate of drug-likeness (QED) is 0.797. The van der Waals surface area contributed by atoms with E-state index in [0.29, 0.717) is 12.1 Å². The Labute approximate surface area is 114 Å². The number of likely N-dealkylation sites (tertiary alicyclic amines) is 1. The van der Waals surface area contributed by atoms with E-state index in [0.717, 1.165) is 18.5 Å². The first-order valence-corrected chi connectivity index (χ1v) is 6.97. The van der Waals surface area contributed by atoms with E-state index in [9.17, 15) is 9.90 Å². The number of carbonyl (C=O) groups is 1. The zero-order valence-corrected chi connectivity index (χ0v) is 11.5. The predicted molar refractivity (Wildman–Crippen MR) is 75.5 cm³/mol. The topological polar surface area (TPSA) is 52.6 Å². The van der Waals surface area contributed by atoms with Crippen LogP contribution in [0.3, 0.4) is 0 Å². The predicted octanol–water partition coefficient (Wildman–Crippen LogP) is 1.92. The van der Waals surface area contributed by atoms with Gasteiger partial charge < -0.3 is 15.3 Å². The van der Waals surface area contributed by atoms with Gasteiger partial charge in [-0.05, 0) is 63.5 Å². The number of benzene rings is 1. The van der Waals surface area contributed by atoms with Crippen LogP contribution in [0.4, 0.5) is 0 Å². The Balaban J connectivity index is 1.74. The summed E-state index contributed by atoms with van der Waals surface area (Å²) in [5, 5.41) is 12.6. The largest absolute Gasteiger partial charge is 0.507 e. The highest BCUT2D eigenvalue weighted by atomic mass is 16.3. The average molecular weight is 262 g/mol. The molecule has 4 heteroatoms. The minimum absolute atomic E-state index is 0.0528. The Morgan fingerprint density at radius 1 is 1.37 bits per heavy atom. The molecule has 1 aliphatic rings. The van der Waals surface area contributed by atoms with Gasteiger partial charge >= 0.3 is 0 Å². The number of amides is 1. The second-order valence-corrected chi connectivity index (χ2v) is 5.18. The first kappa shape index (κ1) is 13.9. The van der Waals surface area contributed by atoms with E-state index < -0.39 is 0 Å². The van der Waals surface area contributed by atoms with E-state index in [1.807, 2.05) is 13.0 Å². The molecule has 104 valence electrons. The second-order valence-electron chi connectivity index (χ2n) is 5.18. The van der Waals surface area contributed by atoms with Crippen LogP contribution in [0.15, 0.2) is 18.2 Å².